The lowest BCUT2D eigenvalue weighted by Gasteiger charge is -2.37. The SMILES string of the molecule is Cc1ccc(N(CC(=O)N2CCN(c3cccc(C(F)(F)F)c3)CC2)S(C)(=O)=O)cc1Cl. The van der Waals surface area contributed by atoms with Crippen molar-refractivity contribution in [2.75, 3.05) is 48.2 Å². The Kier molecular flexibility index (Phi) is 6.94. The predicted octanol–water partition coefficient (Wildman–Crippen LogP) is 3.78. The minimum Gasteiger partial charge on any atom is -0.368 e. The fourth-order valence-corrected chi connectivity index (χ4v) is 4.47. The standard InChI is InChI=1S/C21H23ClF3N3O3S/c1-15-6-7-18(13-19(15)22)28(32(2,30)31)14-20(29)27-10-8-26(9-11-27)17-5-3-4-16(12-17)21(23,24)25/h3-7,12-13H,8-11,14H2,1-2H3. The largest absolute Gasteiger partial charge is 0.416 e. The number of sulfonamides is 1. The molecule has 174 valence electrons. The summed E-state index contributed by atoms with van der Waals surface area (Å²) in [4.78, 5) is 16.1. The molecule has 0 spiro atoms. The highest BCUT2D eigenvalue weighted by molar-refractivity contribution is 7.92. The average molecular weight is 490 g/mol. The summed E-state index contributed by atoms with van der Waals surface area (Å²) in [5.41, 5.74) is 0.771. The van der Waals surface area contributed by atoms with E-state index in [0.717, 1.165) is 28.3 Å². The van der Waals surface area contributed by atoms with E-state index in [1.807, 2.05) is 0 Å². The maximum atomic E-state index is 13.0. The molecular weight excluding hydrogens is 467 g/mol. The van der Waals surface area contributed by atoms with Crippen LogP contribution in [0, 0.1) is 6.92 Å². The van der Waals surface area contributed by atoms with Crippen molar-refractivity contribution >= 4 is 38.9 Å². The van der Waals surface area contributed by atoms with Crippen molar-refractivity contribution in [2.45, 2.75) is 13.1 Å². The molecule has 0 aliphatic carbocycles. The van der Waals surface area contributed by atoms with Crippen LogP contribution in [-0.2, 0) is 21.0 Å². The predicted molar refractivity (Wildman–Crippen MR) is 119 cm³/mol. The number of carbonyl (C=O) groups excluding carboxylic acids is 1. The van der Waals surface area contributed by atoms with Gasteiger partial charge in [0.05, 0.1) is 17.5 Å². The maximum absolute atomic E-state index is 13.0. The van der Waals surface area contributed by atoms with Gasteiger partial charge in [-0.25, -0.2) is 8.42 Å². The number of benzene rings is 2. The lowest BCUT2D eigenvalue weighted by Crippen LogP contribution is -2.52. The van der Waals surface area contributed by atoms with Crippen LogP contribution in [0.25, 0.3) is 0 Å². The topological polar surface area (TPSA) is 60.9 Å². The number of halogens is 4. The zero-order valence-electron chi connectivity index (χ0n) is 17.6. The van der Waals surface area contributed by atoms with E-state index in [2.05, 4.69) is 0 Å². The van der Waals surface area contributed by atoms with Crippen LogP contribution in [-0.4, -0.2) is 58.2 Å². The molecule has 0 N–H and O–H groups in total. The van der Waals surface area contributed by atoms with Gasteiger partial charge in [0.1, 0.15) is 6.54 Å². The van der Waals surface area contributed by atoms with E-state index in [4.69, 9.17) is 11.6 Å². The van der Waals surface area contributed by atoms with Crippen LogP contribution in [0.1, 0.15) is 11.1 Å². The van der Waals surface area contributed by atoms with Crippen LogP contribution in [0.2, 0.25) is 5.02 Å². The molecule has 0 radical (unpaired) electrons. The molecular formula is C21H23ClF3N3O3S. The lowest BCUT2D eigenvalue weighted by molar-refractivity contribution is -0.137. The van der Waals surface area contributed by atoms with E-state index in [-0.39, 0.29) is 19.6 Å². The molecule has 0 atom stereocenters. The molecule has 1 aliphatic rings. The number of piperazine rings is 1. The zero-order chi connectivity index (χ0) is 23.7. The summed E-state index contributed by atoms with van der Waals surface area (Å²) in [6.45, 7) is 2.60. The summed E-state index contributed by atoms with van der Waals surface area (Å²) in [6.07, 6.45) is -3.42. The van der Waals surface area contributed by atoms with E-state index in [9.17, 15) is 26.4 Å². The number of alkyl halides is 3. The Hall–Kier alpha value is -2.46. The molecule has 1 saturated heterocycles. The normalized spacial score (nSPS) is 15.1. The van der Waals surface area contributed by atoms with Crippen molar-refractivity contribution in [3.63, 3.8) is 0 Å². The number of hydrogen-bond acceptors (Lipinski definition) is 4. The van der Waals surface area contributed by atoms with E-state index >= 15 is 0 Å². The second-order valence-corrected chi connectivity index (χ2v) is 9.93. The van der Waals surface area contributed by atoms with Crippen molar-refractivity contribution in [3.8, 4) is 0 Å². The number of amides is 1. The van der Waals surface area contributed by atoms with Crippen LogP contribution in [0.4, 0.5) is 24.5 Å². The van der Waals surface area contributed by atoms with Crippen LogP contribution in [0.3, 0.4) is 0 Å². The third-order valence-electron chi connectivity index (χ3n) is 5.29. The number of anilines is 2. The van der Waals surface area contributed by atoms with Crippen molar-refractivity contribution in [3.05, 3.63) is 58.6 Å². The van der Waals surface area contributed by atoms with Gasteiger partial charge in [-0.15, -0.1) is 0 Å². The van der Waals surface area contributed by atoms with Gasteiger partial charge in [-0.1, -0.05) is 23.7 Å². The van der Waals surface area contributed by atoms with Gasteiger partial charge in [0.25, 0.3) is 0 Å². The third-order valence-corrected chi connectivity index (χ3v) is 6.84. The quantitative estimate of drug-likeness (QED) is 0.641. The van der Waals surface area contributed by atoms with Crippen molar-refractivity contribution < 1.29 is 26.4 Å². The van der Waals surface area contributed by atoms with Crippen molar-refractivity contribution in [1.29, 1.82) is 0 Å². The first-order chi connectivity index (χ1) is 14.9. The second-order valence-electron chi connectivity index (χ2n) is 7.62. The van der Waals surface area contributed by atoms with E-state index in [1.165, 1.54) is 17.0 Å². The zero-order valence-corrected chi connectivity index (χ0v) is 19.1. The Labute approximate surface area is 190 Å². The molecule has 0 saturated carbocycles. The minimum absolute atomic E-state index is 0.265. The molecule has 0 bridgehead atoms. The van der Waals surface area contributed by atoms with Crippen molar-refractivity contribution in [2.24, 2.45) is 0 Å². The number of hydrogen-bond donors (Lipinski definition) is 0. The molecule has 2 aromatic rings. The van der Waals surface area contributed by atoms with Crippen molar-refractivity contribution in [1.82, 2.24) is 4.90 Å². The van der Waals surface area contributed by atoms with E-state index < -0.39 is 27.7 Å². The molecule has 6 nitrogen and oxygen atoms in total. The lowest BCUT2D eigenvalue weighted by atomic mass is 10.1. The molecule has 1 aliphatic heterocycles. The Balaban J connectivity index is 1.68. The Morgan fingerprint density at radius 2 is 1.75 bits per heavy atom. The average Bonchev–Trinajstić information content (AvgIpc) is 2.73. The summed E-state index contributed by atoms with van der Waals surface area (Å²) in [6, 6.07) is 9.81. The molecule has 1 heterocycles. The van der Waals surface area contributed by atoms with Gasteiger partial charge in [0.15, 0.2) is 0 Å². The third kappa shape index (κ3) is 5.66. The van der Waals surface area contributed by atoms with Gasteiger partial charge in [0, 0.05) is 36.9 Å². The highest BCUT2D eigenvalue weighted by Crippen LogP contribution is 2.32. The highest BCUT2D eigenvalue weighted by atomic mass is 35.5. The summed E-state index contributed by atoms with van der Waals surface area (Å²) in [7, 11) is -3.74. The maximum Gasteiger partial charge on any atom is 0.416 e. The Morgan fingerprint density at radius 1 is 1.09 bits per heavy atom. The molecule has 3 rings (SSSR count). The number of carbonyl (C=O) groups is 1. The Morgan fingerprint density at radius 3 is 2.31 bits per heavy atom. The first kappa shape index (κ1) is 24.2. The minimum atomic E-state index is -4.43. The monoisotopic (exact) mass is 489 g/mol. The summed E-state index contributed by atoms with van der Waals surface area (Å²) in [5, 5.41) is 0.387. The first-order valence-corrected chi connectivity index (χ1v) is 12.0. The number of rotatable bonds is 5. The molecule has 2 aromatic carbocycles. The van der Waals surface area contributed by atoms with Gasteiger partial charge >= 0.3 is 6.18 Å². The fraction of sp³-hybridized carbons (Fsp3) is 0.381. The van der Waals surface area contributed by atoms with Gasteiger partial charge in [-0.3, -0.25) is 9.10 Å². The fourth-order valence-electron chi connectivity index (χ4n) is 3.45. The summed E-state index contributed by atoms with van der Waals surface area (Å²) >= 11 is 6.11. The van der Waals surface area contributed by atoms with Crippen LogP contribution >= 0.6 is 11.6 Å². The molecule has 0 unspecified atom stereocenters. The van der Waals surface area contributed by atoms with Gasteiger partial charge in [0.2, 0.25) is 15.9 Å². The molecule has 11 heteroatoms. The smallest absolute Gasteiger partial charge is 0.368 e. The molecule has 0 aromatic heterocycles. The van der Waals surface area contributed by atoms with Crippen LogP contribution < -0.4 is 9.21 Å². The first-order valence-electron chi connectivity index (χ1n) is 9.80. The van der Waals surface area contributed by atoms with Crippen LogP contribution in [0.5, 0.6) is 0 Å². The molecule has 1 fully saturated rings. The van der Waals surface area contributed by atoms with E-state index in [1.54, 1.807) is 30.0 Å². The number of nitrogens with zero attached hydrogens (tertiary/aromatic N) is 3. The molecule has 1 amide bonds. The van der Waals surface area contributed by atoms with Gasteiger partial charge < -0.3 is 9.80 Å². The second kappa shape index (κ2) is 9.19. The van der Waals surface area contributed by atoms with Crippen LogP contribution in [0.15, 0.2) is 42.5 Å². The molecule has 32 heavy (non-hydrogen) atoms. The van der Waals surface area contributed by atoms with E-state index in [0.29, 0.717) is 29.5 Å². The summed E-state index contributed by atoms with van der Waals surface area (Å²) in [5.74, 6) is -0.393. The van der Waals surface area contributed by atoms with Gasteiger partial charge in [-0.05, 0) is 42.8 Å². The highest BCUT2D eigenvalue weighted by Gasteiger charge is 2.31. The number of aryl methyl sites for hydroxylation is 1. The summed E-state index contributed by atoms with van der Waals surface area (Å²) < 4.78 is 64.5. The Bertz CT molecular complexity index is 1100. The van der Waals surface area contributed by atoms with Gasteiger partial charge in [-0.2, -0.15) is 13.2 Å².